The van der Waals surface area contributed by atoms with Crippen LogP contribution in [0.15, 0.2) is 16.6 Å². The Morgan fingerprint density at radius 1 is 1.46 bits per heavy atom. The summed E-state index contributed by atoms with van der Waals surface area (Å²) < 4.78 is 11.8. The van der Waals surface area contributed by atoms with Crippen molar-refractivity contribution in [1.29, 1.82) is 0 Å². The number of ether oxygens (including phenoxy) is 2. The Morgan fingerprint density at radius 2 is 2.21 bits per heavy atom. The molecule has 1 aliphatic heterocycles. The van der Waals surface area contributed by atoms with E-state index in [9.17, 15) is 4.79 Å². The molecule has 0 bridgehead atoms. The van der Waals surface area contributed by atoms with Crippen molar-refractivity contribution in [3.05, 3.63) is 22.2 Å². The van der Waals surface area contributed by atoms with Crippen molar-refractivity contribution in [2.24, 2.45) is 5.92 Å². The normalized spacial score (nSPS) is 20.0. The number of carbonyl (C=O) groups excluding carboxylic acids is 1. The maximum Gasteiger partial charge on any atom is 0.251 e. The first kappa shape index (κ1) is 21.1. The van der Waals surface area contributed by atoms with Crippen LogP contribution in [0.5, 0.6) is 11.5 Å². The molecule has 136 valence electrons. The van der Waals surface area contributed by atoms with Gasteiger partial charge in [0.05, 0.1) is 18.2 Å². The molecular formula is C17H26BrClN2O3. The summed E-state index contributed by atoms with van der Waals surface area (Å²) in [6, 6.07) is 3.72. The van der Waals surface area contributed by atoms with E-state index in [-0.39, 0.29) is 24.4 Å². The van der Waals surface area contributed by atoms with Crippen molar-refractivity contribution in [1.82, 2.24) is 10.6 Å². The molecule has 1 aromatic carbocycles. The summed E-state index contributed by atoms with van der Waals surface area (Å²) in [4.78, 5) is 12.6. The molecule has 1 aliphatic rings. The molecule has 5 nitrogen and oxygen atoms in total. The Hall–Kier alpha value is -0.980. The largest absolute Gasteiger partial charge is 0.493 e. The number of piperidine rings is 1. The van der Waals surface area contributed by atoms with Crippen molar-refractivity contribution in [3.8, 4) is 11.5 Å². The number of benzene rings is 1. The molecule has 24 heavy (non-hydrogen) atoms. The van der Waals surface area contributed by atoms with Gasteiger partial charge in [-0.15, -0.1) is 12.4 Å². The van der Waals surface area contributed by atoms with Gasteiger partial charge in [0.25, 0.3) is 5.91 Å². The van der Waals surface area contributed by atoms with Crippen molar-refractivity contribution in [2.45, 2.75) is 32.7 Å². The van der Waals surface area contributed by atoms with Crippen molar-refractivity contribution < 1.29 is 14.3 Å². The molecule has 2 rings (SSSR count). The quantitative estimate of drug-likeness (QED) is 0.739. The minimum absolute atomic E-state index is 0. The summed E-state index contributed by atoms with van der Waals surface area (Å²) >= 11 is 3.48. The third-order valence-electron chi connectivity index (χ3n) is 4.04. The van der Waals surface area contributed by atoms with Crippen molar-refractivity contribution >= 4 is 34.2 Å². The Kier molecular flexibility index (Phi) is 8.87. The molecule has 0 aliphatic carbocycles. The Labute approximate surface area is 158 Å². The Morgan fingerprint density at radius 3 is 2.83 bits per heavy atom. The summed E-state index contributed by atoms with van der Waals surface area (Å²) in [6.45, 7) is 6.67. The van der Waals surface area contributed by atoms with Gasteiger partial charge in [0.15, 0.2) is 11.5 Å². The average molecular weight is 422 g/mol. The van der Waals surface area contributed by atoms with Gasteiger partial charge in [0.1, 0.15) is 0 Å². The first-order valence-corrected chi connectivity index (χ1v) is 8.88. The number of hydrogen-bond donors (Lipinski definition) is 2. The van der Waals surface area contributed by atoms with E-state index in [0.717, 1.165) is 30.4 Å². The minimum Gasteiger partial charge on any atom is -0.493 e. The Balaban J connectivity index is 0.00000288. The van der Waals surface area contributed by atoms with E-state index in [1.807, 2.05) is 6.92 Å². The lowest BCUT2D eigenvalue weighted by Gasteiger charge is -2.30. The summed E-state index contributed by atoms with van der Waals surface area (Å²) in [6.07, 6.45) is 1.86. The molecule has 0 saturated carbocycles. The van der Waals surface area contributed by atoms with Crippen LogP contribution < -0.4 is 20.1 Å². The van der Waals surface area contributed by atoms with E-state index in [4.69, 9.17) is 9.47 Å². The maximum atomic E-state index is 12.6. The van der Waals surface area contributed by atoms with Gasteiger partial charge in [-0.2, -0.15) is 0 Å². The van der Waals surface area contributed by atoms with Crippen LogP contribution in [0.3, 0.4) is 0 Å². The van der Waals surface area contributed by atoms with Crippen LogP contribution in [-0.4, -0.2) is 38.8 Å². The lowest BCUT2D eigenvalue weighted by Crippen LogP contribution is -2.48. The number of methoxy groups -OCH3 is 1. The van der Waals surface area contributed by atoms with Gasteiger partial charge in [0.2, 0.25) is 0 Å². The van der Waals surface area contributed by atoms with E-state index >= 15 is 0 Å². The van der Waals surface area contributed by atoms with Gasteiger partial charge in [-0.1, -0.05) is 13.8 Å². The lowest BCUT2D eigenvalue weighted by atomic mass is 9.95. The van der Waals surface area contributed by atoms with Crippen molar-refractivity contribution in [3.63, 3.8) is 0 Å². The minimum atomic E-state index is -0.0789. The number of rotatable bonds is 6. The molecule has 0 aromatic heterocycles. The third-order valence-corrected chi connectivity index (χ3v) is 4.63. The molecule has 0 radical (unpaired) electrons. The molecule has 0 spiro atoms. The smallest absolute Gasteiger partial charge is 0.251 e. The molecular weight excluding hydrogens is 396 g/mol. The van der Waals surface area contributed by atoms with E-state index in [1.54, 1.807) is 19.2 Å². The maximum absolute atomic E-state index is 12.6. The van der Waals surface area contributed by atoms with E-state index in [0.29, 0.717) is 29.6 Å². The standard InChI is InChI=1S/C17H25BrN2O3.ClH/c1-4-7-23-16-13(18)8-12(9-15(16)22-3)17(21)20-14-5-6-19-10-11(14)2;/h8-9,11,14,19H,4-7,10H2,1-3H3,(H,20,21);1H. The van der Waals surface area contributed by atoms with E-state index in [2.05, 4.69) is 33.5 Å². The number of carbonyl (C=O) groups is 1. The van der Waals surface area contributed by atoms with Gasteiger partial charge >= 0.3 is 0 Å². The summed E-state index contributed by atoms with van der Waals surface area (Å²) in [5.41, 5.74) is 0.573. The van der Waals surface area contributed by atoms with Gasteiger partial charge < -0.3 is 20.1 Å². The zero-order valence-electron chi connectivity index (χ0n) is 14.4. The second-order valence-electron chi connectivity index (χ2n) is 5.89. The monoisotopic (exact) mass is 420 g/mol. The van der Waals surface area contributed by atoms with E-state index in [1.165, 1.54) is 0 Å². The second kappa shape index (κ2) is 10.1. The molecule has 2 N–H and O–H groups in total. The van der Waals surface area contributed by atoms with Crippen LogP contribution in [0.4, 0.5) is 0 Å². The predicted octanol–water partition coefficient (Wildman–Crippen LogP) is 3.40. The first-order valence-electron chi connectivity index (χ1n) is 8.08. The fourth-order valence-corrected chi connectivity index (χ4v) is 3.23. The summed E-state index contributed by atoms with van der Waals surface area (Å²) in [5, 5.41) is 6.47. The van der Waals surface area contributed by atoms with Crippen LogP contribution in [0.1, 0.15) is 37.0 Å². The average Bonchev–Trinajstić information content (AvgIpc) is 2.55. The van der Waals surface area contributed by atoms with Gasteiger partial charge in [-0.25, -0.2) is 0 Å². The van der Waals surface area contributed by atoms with Crippen LogP contribution in [0.25, 0.3) is 0 Å². The fraction of sp³-hybridized carbons (Fsp3) is 0.588. The zero-order valence-corrected chi connectivity index (χ0v) is 16.8. The van der Waals surface area contributed by atoms with Gasteiger partial charge in [0, 0.05) is 11.6 Å². The molecule has 1 fully saturated rings. The number of amides is 1. The van der Waals surface area contributed by atoms with Gasteiger partial charge in [-0.05, 0) is 59.9 Å². The summed E-state index contributed by atoms with van der Waals surface area (Å²) in [7, 11) is 1.58. The number of halogens is 2. The van der Waals surface area contributed by atoms with Crippen LogP contribution in [0, 0.1) is 5.92 Å². The van der Waals surface area contributed by atoms with Crippen molar-refractivity contribution in [2.75, 3.05) is 26.8 Å². The van der Waals surface area contributed by atoms with Gasteiger partial charge in [-0.3, -0.25) is 4.79 Å². The molecule has 1 heterocycles. The molecule has 2 atom stereocenters. The highest BCUT2D eigenvalue weighted by Gasteiger charge is 2.24. The SMILES string of the molecule is CCCOc1c(Br)cc(C(=O)NC2CCNCC2C)cc1OC.Cl. The van der Waals surface area contributed by atoms with Crippen LogP contribution in [0.2, 0.25) is 0 Å². The first-order chi connectivity index (χ1) is 11.1. The zero-order chi connectivity index (χ0) is 16.8. The highest BCUT2D eigenvalue weighted by Crippen LogP contribution is 2.36. The molecule has 2 unspecified atom stereocenters. The second-order valence-corrected chi connectivity index (χ2v) is 6.74. The molecule has 1 amide bonds. The van der Waals surface area contributed by atoms with Crippen LogP contribution in [-0.2, 0) is 0 Å². The molecule has 7 heteroatoms. The summed E-state index contributed by atoms with van der Waals surface area (Å²) in [5.74, 6) is 1.55. The highest BCUT2D eigenvalue weighted by molar-refractivity contribution is 9.10. The topological polar surface area (TPSA) is 59.6 Å². The van der Waals surface area contributed by atoms with Crippen LogP contribution >= 0.6 is 28.3 Å². The third kappa shape index (κ3) is 5.26. The number of hydrogen-bond acceptors (Lipinski definition) is 4. The fourth-order valence-electron chi connectivity index (χ4n) is 2.68. The predicted molar refractivity (Wildman–Crippen MR) is 102 cm³/mol. The molecule has 1 saturated heterocycles. The highest BCUT2D eigenvalue weighted by atomic mass is 79.9. The molecule has 1 aromatic rings. The van der Waals surface area contributed by atoms with E-state index < -0.39 is 0 Å². The number of nitrogens with one attached hydrogen (secondary N) is 2. The lowest BCUT2D eigenvalue weighted by molar-refractivity contribution is 0.0913. The Bertz CT molecular complexity index is 557.